The Labute approximate surface area is 245 Å². The van der Waals surface area contributed by atoms with Crippen LogP contribution < -0.4 is 14.5 Å². The highest BCUT2D eigenvalue weighted by atomic mass is 19.1. The van der Waals surface area contributed by atoms with Gasteiger partial charge in [0, 0.05) is 49.0 Å². The summed E-state index contributed by atoms with van der Waals surface area (Å²) in [4.78, 5) is 30.2. The summed E-state index contributed by atoms with van der Waals surface area (Å²) in [7, 11) is 2.09. The lowest BCUT2D eigenvalue weighted by atomic mass is 10.0. The average molecular weight is 578 g/mol. The number of likely N-dealkylation sites (N-methyl/N-ethyl adjacent to an activating group) is 1. The topological polar surface area (TPSA) is 88.8 Å². The van der Waals surface area contributed by atoms with Crippen molar-refractivity contribution in [1.29, 1.82) is 5.26 Å². The molecule has 3 aliphatic heterocycles. The van der Waals surface area contributed by atoms with Crippen LogP contribution in [0.3, 0.4) is 0 Å². The molecule has 0 bridgehead atoms. The van der Waals surface area contributed by atoms with Crippen LogP contribution in [0.15, 0.2) is 30.6 Å². The largest absolute Gasteiger partial charge is 0.462 e. The molecule has 2 aromatic rings. The quantitative estimate of drug-likeness (QED) is 0.459. The zero-order chi connectivity index (χ0) is 29.4. The van der Waals surface area contributed by atoms with E-state index in [1.807, 2.05) is 18.2 Å². The maximum absolute atomic E-state index is 15.0. The van der Waals surface area contributed by atoms with Crippen LogP contribution in [-0.2, 0) is 24.2 Å². The van der Waals surface area contributed by atoms with Crippen molar-refractivity contribution < 1.29 is 18.3 Å². The fourth-order valence-electron chi connectivity index (χ4n) is 6.91. The summed E-state index contributed by atoms with van der Waals surface area (Å²) in [5.41, 5.74) is 4.62. The number of alkyl halides is 1. The summed E-state index contributed by atoms with van der Waals surface area (Å²) in [6.07, 6.45) is 3.21. The van der Waals surface area contributed by atoms with E-state index in [9.17, 15) is 18.8 Å². The number of carbonyl (C=O) groups is 1. The number of likely N-dealkylation sites (tertiary alicyclic amines) is 1. The minimum Gasteiger partial charge on any atom is -0.462 e. The lowest BCUT2D eigenvalue weighted by Gasteiger charge is -2.42. The predicted molar refractivity (Wildman–Crippen MR) is 155 cm³/mol. The highest BCUT2D eigenvalue weighted by Crippen LogP contribution is 2.42. The fraction of sp³-hybridized carbons (Fsp3) is 0.548. The van der Waals surface area contributed by atoms with Crippen LogP contribution in [0.5, 0.6) is 6.01 Å². The second-order valence-corrected chi connectivity index (χ2v) is 11.7. The Morgan fingerprint density at radius 3 is 2.76 bits per heavy atom. The molecule has 1 amide bonds. The van der Waals surface area contributed by atoms with Gasteiger partial charge >= 0.3 is 6.01 Å². The van der Waals surface area contributed by atoms with Gasteiger partial charge in [-0.05, 0) is 57.3 Å². The highest BCUT2D eigenvalue weighted by molar-refractivity contribution is 5.91. The first kappa shape index (κ1) is 28.3. The molecule has 1 aliphatic carbocycles. The maximum atomic E-state index is 15.0. The van der Waals surface area contributed by atoms with Crippen molar-refractivity contribution in [2.45, 2.75) is 63.3 Å². The molecule has 4 aliphatic rings. The van der Waals surface area contributed by atoms with Crippen molar-refractivity contribution in [3.63, 3.8) is 0 Å². The minimum absolute atomic E-state index is 0.0669. The first-order valence-electron chi connectivity index (χ1n) is 14.8. The number of ether oxygens (including phenoxy) is 1. The predicted octanol–water partition coefficient (Wildman–Crippen LogP) is 3.88. The van der Waals surface area contributed by atoms with Gasteiger partial charge in [0.15, 0.2) is 5.83 Å². The fourth-order valence-corrected chi connectivity index (χ4v) is 6.91. The molecule has 42 heavy (non-hydrogen) atoms. The molecule has 2 saturated heterocycles. The number of anilines is 2. The van der Waals surface area contributed by atoms with Crippen LogP contribution in [0.1, 0.15) is 54.2 Å². The second-order valence-electron chi connectivity index (χ2n) is 11.7. The van der Waals surface area contributed by atoms with Gasteiger partial charge in [0.1, 0.15) is 18.6 Å². The number of piperazine rings is 1. The molecule has 11 heteroatoms. The Morgan fingerprint density at radius 1 is 1.14 bits per heavy atom. The molecular weight excluding hydrogens is 540 g/mol. The van der Waals surface area contributed by atoms with Crippen molar-refractivity contribution in [3.8, 4) is 12.1 Å². The number of hydrogen-bond donors (Lipinski definition) is 0. The molecule has 0 radical (unpaired) electrons. The number of aryl methyl sites for hydroxylation is 1. The summed E-state index contributed by atoms with van der Waals surface area (Å²) in [5, 5.41) is 9.46. The van der Waals surface area contributed by atoms with E-state index in [2.05, 4.69) is 34.4 Å². The van der Waals surface area contributed by atoms with Gasteiger partial charge in [-0.25, -0.2) is 8.78 Å². The van der Waals surface area contributed by atoms with Crippen molar-refractivity contribution in [2.75, 3.05) is 56.2 Å². The van der Waals surface area contributed by atoms with Crippen LogP contribution in [0.25, 0.3) is 0 Å². The van der Waals surface area contributed by atoms with Crippen LogP contribution in [0, 0.1) is 11.3 Å². The number of amides is 1. The third-order valence-corrected chi connectivity index (χ3v) is 9.20. The van der Waals surface area contributed by atoms with Gasteiger partial charge in [-0.1, -0.05) is 18.7 Å². The molecule has 0 N–H and O–H groups in total. The van der Waals surface area contributed by atoms with Crippen molar-refractivity contribution in [2.24, 2.45) is 0 Å². The Hall–Kier alpha value is -3.78. The highest BCUT2D eigenvalue weighted by Gasteiger charge is 2.36. The molecule has 222 valence electrons. The zero-order valence-corrected chi connectivity index (χ0v) is 24.1. The average Bonchev–Trinajstić information content (AvgIpc) is 3.59. The van der Waals surface area contributed by atoms with Crippen molar-refractivity contribution >= 4 is 17.4 Å². The van der Waals surface area contributed by atoms with E-state index in [0.717, 1.165) is 59.7 Å². The zero-order valence-electron chi connectivity index (χ0n) is 24.1. The van der Waals surface area contributed by atoms with Gasteiger partial charge in [-0.2, -0.15) is 15.2 Å². The standard InChI is InChI=1S/C31H37F2N7O2/c1-20(32)30(41)40-16-15-39(17-22(40)10-12-34)29-24-11-14-38(27-7-3-5-21-8-9-25(33)28(21)27)18-26(24)35-31(36-29)42-19-23-6-4-13-37(23)2/h3,5,7,22-23,25H,1,4,6,8-11,13-19H2,2H3/t22-,23-,25?/m0/s1. The third-order valence-electron chi connectivity index (χ3n) is 9.20. The van der Waals surface area contributed by atoms with Crippen LogP contribution in [-0.4, -0.2) is 84.1 Å². The molecule has 4 heterocycles. The molecule has 9 nitrogen and oxygen atoms in total. The Kier molecular flexibility index (Phi) is 7.99. The Morgan fingerprint density at radius 2 is 2.00 bits per heavy atom. The van der Waals surface area contributed by atoms with E-state index in [0.29, 0.717) is 57.7 Å². The summed E-state index contributed by atoms with van der Waals surface area (Å²) in [5.74, 6) is -1.08. The second kappa shape index (κ2) is 11.8. The SMILES string of the molecule is C=C(F)C(=O)N1CCN(c2nc(OC[C@@H]3CCCN3C)nc3c2CCN(c2cccc4c2C(F)CC4)C3)C[C@@H]1CC#N. The van der Waals surface area contributed by atoms with E-state index in [1.165, 1.54) is 4.90 Å². The van der Waals surface area contributed by atoms with Gasteiger partial charge in [-0.15, -0.1) is 0 Å². The molecule has 1 aromatic heterocycles. The summed E-state index contributed by atoms with van der Waals surface area (Å²) < 4.78 is 34.9. The Balaban J connectivity index is 1.31. The summed E-state index contributed by atoms with van der Waals surface area (Å²) in [6.45, 7) is 6.86. The van der Waals surface area contributed by atoms with Gasteiger partial charge in [0.25, 0.3) is 5.91 Å². The van der Waals surface area contributed by atoms with Gasteiger partial charge in [-0.3, -0.25) is 4.79 Å². The van der Waals surface area contributed by atoms with Crippen LogP contribution in [0.4, 0.5) is 20.3 Å². The molecule has 2 fully saturated rings. The number of fused-ring (bicyclic) bond motifs is 2. The van der Waals surface area contributed by atoms with Crippen LogP contribution in [0.2, 0.25) is 0 Å². The van der Waals surface area contributed by atoms with Gasteiger partial charge < -0.3 is 24.3 Å². The lowest BCUT2D eigenvalue weighted by molar-refractivity contribution is -0.131. The minimum atomic E-state index is -1.03. The maximum Gasteiger partial charge on any atom is 0.318 e. The number of nitrogens with zero attached hydrogens (tertiary/aromatic N) is 7. The lowest BCUT2D eigenvalue weighted by Crippen LogP contribution is -2.55. The molecular formula is C31H37F2N7O2. The van der Waals surface area contributed by atoms with Crippen LogP contribution >= 0.6 is 0 Å². The van der Waals surface area contributed by atoms with E-state index in [-0.39, 0.29) is 13.0 Å². The number of carbonyl (C=O) groups excluding carboxylic acids is 1. The van der Waals surface area contributed by atoms with Gasteiger partial charge in [0.2, 0.25) is 0 Å². The first-order valence-corrected chi connectivity index (χ1v) is 14.8. The van der Waals surface area contributed by atoms with E-state index < -0.39 is 23.9 Å². The van der Waals surface area contributed by atoms with E-state index in [4.69, 9.17) is 14.7 Å². The molecule has 3 atom stereocenters. The van der Waals surface area contributed by atoms with Gasteiger partial charge in [0.05, 0.1) is 30.8 Å². The van der Waals surface area contributed by atoms with E-state index in [1.54, 1.807) is 0 Å². The number of aromatic nitrogens is 2. The normalized spacial score (nSPS) is 23.9. The Bertz CT molecular complexity index is 1410. The molecule has 1 aromatic carbocycles. The molecule has 0 saturated carbocycles. The van der Waals surface area contributed by atoms with Crippen molar-refractivity contribution in [1.82, 2.24) is 19.8 Å². The third kappa shape index (κ3) is 5.40. The summed E-state index contributed by atoms with van der Waals surface area (Å²) in [6, 6.07) is 8.24. The number of benzene rings is 1. The molecule has 0 spiro atoms. The molecule has 6 rings (SSSR count). The first-order chi connectivity index (χ1) is 20.3. The number of halogens is 2. The summed E-state index contributed by atoms with van der Waals surface area (Å²) >= 11 is 0. The number of rotatable bonds is 7. The smallest absolute Gasteiger partial charge is 0.318 e. The monoisotopic (exact) mass is 577 g/mol. The number of hydrogen-bond acceptors (Lipinski definition) is 8. The van der Waals surface area contributed by atoms with E-state index >= 15 is 0 Å². The number of nitriles is 1. The molecule has 1 unspecified atom stereocenters. The van der Waals surface area contributed by atoms with Crippen molar-refractivity contribution in [3.05, 3.63) is 53.0 Å².